The number of phenolic OH excluding ortho intramolecular Hbond substituents is 1. The third-order valence-corrected chi connectivity index (χ3v) is 3.47. The molecule has 126 valence electrons. The monoisotopic (exact) mass is 333 g/mol. The Morgan fingerprint density at radius 1 is 1.04 bits per heavy atom. The lowest BCUT2D eigenvalue weighted by molar-refractivity contribution is 0.474. The lowest BCUT2D eigenvalue weighted by Crippen LogP contribution is -2.06. The van der Waals surface area contributed by atoms with Gasteiger partial charge < -0.3 is 10.4 Å². The Hall–Kier alpha value is -3.41. The topological polar surface area (TPSA) is 82.4 Å². The largest absolute Gasteiger partial charge is 0.507 e. The first-order chi connectivity index (χ1) is 12.2. The van der Waals surface area contributed by atoms with Gasteiger partial charge in [0, 0.05) is 23.9 Å². The molecule has 1 aromatic heterocycles. The number of hydrogen-bond acceptors (Lipinski definition) is 6. The molecule has 0 aliphatic rings. The number of para-hydroxylation sites is 1. The number of hydrazone groups is 1. The number of aromatic nitrogens is 2. The quantitative estimate of drug-likeness (QED) is 0.475. The number of rotatable bonds is 6. The van der Waals surface area contributed by atoms with Crippen LogP contribution in [0.3, 0.4) is 0 Å². The summed E-state index contributed by atoms with van der Waals surface area (Å²) in [4.78, 5) is 8.77. The minimum atomic E-state index is 0.178. The van der Waals surface area contributed by atoms with Crippen molar-refractivity contribution in [3.8, 4) is 5.75 Å². The van der Waals surface area contributed by atoms with Crippen molar-refractivity contribution < 1.29 is 5.11 Å². The number of aromatic hydroxyl groups is 1. The summed E-state index contributed by atoms with van der Waals surface area (Å²) < 4.78 is 0. The SMILES string of the molecule is Cc1cc(NN=Cc2ccccc2O)nc(NCc2ccccc2)n1. The normalized spacial score (nSPS) is 10.8. The Kier molecular flexibility index (Phi) is 5.21. The smallest absolute Gasteiger partial charge is 0.225 e. The van der Waals surface area contributed by atoms with E-state index in [1.54, 1.807) is 30.5 Å². The van der Waals surface area contributed by atoms with E-state index in [-0.39, 0.29) is 5.75 Å². The lowest BCUT2D eigenvalue weighted by atomic mass is 10.2. The highest BCUT2D eigenvalue weighted by atomic mass is 16.3. The summed E-state index contributed by atoms with van der Waals surface area (Å²) in [6, 6.07) is 18.8. The van der Waals surface area contributed by atoms with Gasteiger partial charge in [0.25, 0.3) is 0 Å². The molecular weight excluding hydrogens is 314 g/mol. The van der Waals surface area contributed by atoms with Crippen LogP contribution in [0.1, 0.15) is 16.8 Å². The molecule has 0 bridgehead atoms. The number of hydrogen-bond donors (Lipinski definition) is 3. The molecule has 0 unspecified atom stereocenters. The van der Waals surface area contributed by atoms with Gasteiger partial charge in [-0.3, -0.25) is 5.43 Å². The molecular formula is C19H19N5O. The van der Waals surface area contributed by atoms with E-state index in [0.717, 1.165) is 11.3 Å². The van der Waals surface area contributed by atoms with Gasteiger partial charge in [-0.05, 0) is 24.6 Å². The maximum atomic E-state index is 9.72. The highest BCUT2D eigenvalue weighted by molar-refractivity contribution is 5.83. The van der Waals surface area contributed by atoms with Crippen molar-refractivity contribution in [2.24, 2.45) is 5.10 Å². The highest BCUT2D eigenvalue weighted by Crippen LogP contribution is 2.14. The fraction of sp³-hybridized carbons (Fsp3) is 0.105. The van der Waals surface area contributed by atoms with E-state index in [2.05, 4.69) is 25.8 Å². The average Bonchev–Trinajstić information content (AvgIpc) is 2.62. The first-order valence-electron chi connectivity index (χ1n) is 7.91. The Balaban J connectivity index is 1.66. The second-order valence-corrected chi connectivity index (χ2v) is 5.49. The van der Waals surface area contributed by atoms with Gasteiger partial charge in [-0.15, -0.1) is 0 Å². The predicted molar refractivity (Wildman–Crippen MR) is 99.9 cm³/mol. The summed E-state index contributed by atoms with van der Waals surface area (Å²) in [6.45, 7) is 2.54. The van der Waals surface area contributed by atoms with Gasteiger partial charge in [0.05, 0.1) is 6.21 Å². The Labute approximate surface area is 146 Å². The van der Waals surface area contributed by atoms with Crippen LogP contribution in [0.2, 0.25) is 0 Å². The molecule has 3 aromatic rings. The zero-order chi connectivity index (χ0) is 17.5. The molecule has 0 saturated carbocycles. The molecule has 0 fully saturated rings. The standard InChI is InChI=1S/C19H19N5O/c1-14-11-18(24-21-13-16-9-5-6-10-17(16)25)23-19(22-14)20-12-15-7-3-2-4-8-15/h2-11,13,25H,12H2,1H3,(H2,20,22,23,24). The molecule has 2 aromatic carbocycles. The van der Waals surface area contributed by atoms with E-state index in [0.29, 0.717) is 23.9 Å². The van der Waals surface area contributed by atoms with Crippen molar-refractivity contribution in [1.29, 1.82) is 0 Å². The van der Waals surface area contributed by atoms with Crippen LogP contribution in [0.5, 0.6) is 5.75 Å². The zero-order valence-corrected chi connectivity index (χ0v) is 13.8. The number of anilines is 2. The van der Waals surface area contributed by atoms with Crippen LogP contribution in [0.4, 0.5) is 11.8 Å². The second-order valence-electron chi connectivity index (χ2n) is 5.49. The lowest BCUT2D eigenvalue weighted by Gasteiger charge is -2.08. The van der Waals surface area contributed by atoms with Crippen molar-refractivity contribution in [1.82, 2.24) is 9.97 Å². The van der Waals surface area contributed by atoms with Gasteiger partial charge in [-0.25, -0.2) is 4.98 Å². The van der Waals surface area contributed by atoms with Crippen molar-refractivity contribution in [2.45, 2.75) is 13.5 Å². The van der Waals surface area contributed by atoms with Gasteiger partial charge in [0.15, 0.2) is 5.82 Å². The number of benzene rings is 2. The molecule has 1 heterocycles. The van der Waals surface area contributed by atoms with Crippen LogP contribution >= 0.6 is 0 Å². The molecule has 6 heteroatoms. The second kappa shape index (κ2) is 7.92. The molecule has 0 aliphatic heterocycles. The van der Waals surface area contributed by atoms with E-state index < -0.39 is 0 Å². The maximum Gasteiger partial charge on any atom is 0.225 e. The third kappa shape index (κ3) is 4.78. The van der Waals surface area contributed by atoms with E-state index in [4.69, 9.17) is 0 Å². The third-order valence-electron chi connectivity index (χ3n) is 3.47. The zero-order valence-electron chi connectivity index (χ0n) is 13.8. The summed E-state index contributed by atoms with van der Waals surface area (Å²) in [5.74, 6) is 1.29. The summed E-state index contributed by atoms with van der Waals surface area (Å²) in [5, 5.41) is 17.0. The van der Waals surface area contributed by atoms with Crippen LogP contribution in [-0.4, -0.2) is 21.3 Å². The van der Waals surface area contributed by atoms with Gasteiger partial charge in [-0.1, -0.05) is 42.5 Å². The van der Waals surface area contributed by atoms with E-state index in [1.165, 1.54) is 0 Å². The summed E-state index contributed by atoms with van der Waals surface area (Å²) in [7, 11) is 0. The van der Waals surface area contributed by atoms with Crippen LogP contribution < -0.4 is 10.7 Å². The molecule has 0 spiro atoms. The molecule has 0 atom stereocenters. The van der Waals surface area contributed by atoms with Crippen molar-refractivity contribution in [3.05, 3.63) is 77.5 Å². The Morgan fingerprint density at radius 3 is 2.60 bits per heavy atom. The molecule has 3 N–H and O–H groups in total. The number of nitrogens with one attached hydrogen (secondary N) is 2. The summed E-state index contributed by atoms with van der Waals surface area (Å²) in [6.07, 6.45) is 1.55. The molecule has 0 amide bonds. The van der Waals surface area contributed by atoms with Gasteiger partial charge in [-0.2, -0.15) is 10.1 Å². The van der Waals surface area contributed by atoms with Crippen LogP contribution in [-0.2, 0) is 6.54 Å². The Bertz CT molecular complexity index is 865. The van der Waals surface area contributed by atoms with Crippen molar-refractivity contribution in [2.75, 3.05) is 10.7 Å². The molecule has 6 nitrogen and oxygen atoms in total. The first kappa shape index (κ1) is 16.4. The number of nitrogens with zero attached hydrogens (tertiary/aromatic N) is 3. The number of phenols is 1. The fourth-order valence-corrected chi connectivity index (χ4v) is 2.25. The Morgan fingerprint density at radius 2 is 1.80 bits per heavy atom. The molecule has 0 radical (unpaired) electrons. The molecule has 3 rings (SSSR count). The summed E-state index contributed by atoms with van der Waals surface area (Å²) in [5.41, 5.74) is 5.47. The number of aryl methyl sites for hydroxylation is 1. The van der Waals surface area contributed by atoms with Crippen LogP contribution in [0.25, 0.3) is 0 Å². The van der Waals surface area contributed by atoms with E-state index in [1.807, 2.05) is 43.3 Å². The first-order valence-corrected chi connectivity index (χ1v) is 7.91. The average molecular weight is 333 g/mol. The van der Waals surface area contributed by atoms with Gasteiger partial charge >= 0.3 is 0 Å². The molecule has 0 aliphatic carbocycles. The molecule has 0 saturated heterocycles. The van der Waals surface area contributed by atoms with Crippen LogP contribution in [0, 0.1) is 6.92 Å². The van der Waals surface area contributed by atoms with Crippen LogP contribution in [0.15, 0.2) is 65.8 Å². The van der Waals surface area contributed by atoms with Gasteiger partial charge in [0.1, 0.15) is 5.75 Å². The maximum absolute atomic E-state index is 9.72. The van der Waals surface area contributed by atoms with Crippen molar-refractivity contribution in [3.63, 3.8) is 0 Å². The van der Waals surface area contributed by atoms with E-state index in [9.17, 15) is 5.11 Å². The van der Waals surface area contributed by atoms with Crippen molar-refractivity contribution >= 4 is 18.0 Å². The minimum Gasteiger partial charge on any atom is -0.507 e. The highest BCUT2D eigenvalue weighted by Gasteiger charge is 2.02. The predicted octanol–water partition coefficient (Wildman–Crippen LogP) is 3.55. The fourth-order valence-electron chi connectivity index (χ4n) is 2.25. The van der Waals surface area contributed by atoms with Gasteiger partial charge in [0.2, 0.25) is 5.95 Å². The minimum absolute atomic E-state index is 0.178. The van der Waals surface area contributed by atoms with E-state index >= 15 is 0 Å². The summed E-state index contributed by atoms with van der Waals surface area (Å²) >= 11 is 0. The molecule has 25 heavy (non-hydrogen) atoms.